The van der Waals surface area contributed by atoms with E-state index >= 15 is 0 Å². The van der Waals surface area contributed by atoms with Crippen molar-refractivity contribution in [3.05, 3.63) is 35.4 Å². The molecule has 0 bridgehead atoms. The van der Waals surface area contributed by atoms with E-state index in [1.54, 1.807) is 0 Å². The van der Waals surface area contributed by atoms with Crippen LogP contribution in [0.3, 0.4) is 0 Å². The van der Waals surface area contributed by atoms with E-state index in [1.807, 2.05) is 0 Å². The predicted octanol–water partition coefficient (Wildman–Crippen LogP) is 3.89. The van der Waals surface area contributed by atoms with E-state index < -0.39 is 11.7 Å². The van der Waals surface area contributed by atoms with Gasteiger partial charge in [-0.1, -0.05) is 37.5 Å². The number of aliphatic hydroxyl groups is 1. The average Bonchev–Trinajstić information content (AvgIpc) is 2.64. The van der Waals surface area contributed by atoms with Gasteiger partial charge in [0, 0.05) is 25.7 Å². The maximum atomic E-state index is 12.3. The Bertz CT molecular complexity index is 480. The first-order valence-corrected chi connectivity index (χ1v) is 9.10. The average molecular weight is 359 g/mol. The van der Waals surface area contributed by atoms with Crippen molar-refractivity contribution in [3.63, 3.8) is 0 Å². The molecule has 0 atom stereocenters. The molecule has 1 heterocycles. The van der Waals surface area contributed by atoms with Crippen LogP contribution in [0.15, 0.2) is 24.3 Å². The van der Waals surface area contributed by atoms with Crippen LogP contribution in [0.1, 0.15) is 43.2 Å². The van der Waals surface area contributed by atoms with Gasteiger partial charge in [0.1, 0.15) is 0 Å². The SMILES string of the molecule is C1CCC(N2CCOCC2)CC1.OCCc1ccccc1C(F)(F)F. The Balaban J connectivity index is 0.000000181. The number of nitrogens with zero attached hydrogens (tertiary/aromatic N) is 1. The predicted molar refractivity (Wildman–Crippen MR) is 91.5 cm³/mol. The summed E-state index contributed by atoms with van der Waals surface area (Å²) < 4.78 is 42.2. The van der Waals surface area contributed by atoms with Crippen LogP contribution in [0.2, 0.25) is 0 Å². The zero-order valence-electron chi connectivity index (χ0n) is 14.6. The van der Waals surface area contributed by atoms with Gasteiger partial charge in [0.15, 0.2) is 0 Å². The number of halogens is 3. The smallest absolute Gasteiger partial charge is 0.396 e. The van der Waals surface area contributed by atoms with Crippen molar-refractivity contribution in [1.82, 2.24) is 4.90 Å². The zero-order chi connectivity index (χ0) is 18.1. The van der Waals surface area contributed by atoms with Gasteiger partial charge in [-0.3, -0.25) is 4.90 Å². The molecular weight excluding hydrogens is 331 g/mol. The van der Waals surface area contributed by atoms with E-state index in [0.717, 1.165) is 25.3 Å². The van der Waals surface area contributed by atoms with E-state index in [4.69, 9.17) is 9.84 Å². The van der Waals surface area contributed by atoms with Crippen LogP contribution in [0.4, 0.5) is 13.2 Å². The molecule has 1 saturated carbocycles. The van der Waals surface area contributed by atoms with Crippen LogP contribution in [-0.2, 0) is 17.3 Å². The van der Waals surface area contributed by atoms with Crippen molar-refractivity contribution >= 4 is 0 Å². The first-order chi connectivity index (χ1) is 12.0. The van der Waals surface area contributed by atoms with E-state index in [-0.39, 0.29) is 18.6 Å². The van der Waals surface area contributed by atoms with Crippen LogP contribution < -0.4 is 0 Å². The molecule has 142 valence electrons. The molecule has 1 aliphatic carbocycles. The Morgan fingerprint density at radius 2 is 1.68 bits per heavy atom. The lowest BCUT2D eigenvalue weighted by molar-refractivity contribution is -0.138. The minimum absolute atomic E-state index is 0.0374. The van der Waals surface area contributed by atoms with Gasteiger partial charge in [-0.2, -0.15) is 13.2 Å². The fourth-order valence-electron chi connectivity index (χ4n) is 3.52. The van der Waals surface area contributed by atoms with E-state index in [2.05, 4.69) is 4.90 Å². The lowest BCUT2D eigenvalue weighted by Gasteiger charge is -2.36. The molecule has 3 nitrogen and oxygen atoms in total. The normalized spacial score (nSPS) is 20.0. The van der Waals surface area contributed by atoms with Crippen LogP contribution >= 0.6 is 0 Å². The molecule has 25 heavy (non-hydrogen) atoms. The third-order valence-electron chi connectivity index (χ3n) is 4.84. The second kappa shape index (κ2) is 10.1. The quantitative estimate of drug-likeness (QED) is 0.889. The molecule has 1 aliphatic heterocycles. The van der Waals surface area contributed by atoms with E-state index in [0.29, 0.717) is 0 Å². The minimum atomic E-state index is -4.33. The molecule has 1 aromatic carbocycles. The molecule has 0 aromatic heterocycles. The minimum Gasteiger partial charge on any atom is -0.396 e. The summed E-state index contributed by atoms with van der Waals surface area (Å²) in [7, 11) is 0. The molecular formula is C19H28F3NO2. The van der Waals surface area contributed by atoms with Crippen molar-refractivity contribution in [2.75, 3.05) is 32.9 Å². The Kier molecular flexibility index (Phi) is 8.19. The van der Waals surface area contributed by atoms with Gasteiger partial charge < -0.3 is 9.84 Å². The second-order valence-electron chi connectivity index (χ2n) is 6.57. The monoisotopic (exact) mass is 359 g/mol. The van der Waals surface area contributed by atoms with E-state index in [1.165, 1.54) is 63.4 Å². The Labute approximate surface area is 147 Å². The fourth-order valence-corrected chi connectivity index (χ4v) is 3.52. The molecule has 0 unspecified atom stereocenters. The summed E-state index contributed by atoms with van der Waals surface area (Å²) >= 11 is 0. The van der Waals surface area contributed by atoms with Gasteiger partial charge in [-0.05, 0) is 30.9 Å². The Hall–Kier alpha value is -1.11. The molecule has 1 saturated heterocycles. The number of hydrogen-bond donors (Lipinski definition) is 1. The standard InChI is InChI=1S/C10H19NO.C9H9F3O/c1-2-4-10(5-3-1)11-6-8-12-9-7-11;10-9(11,12)8-4-2-1-3-7(8)5-6-13/h10H,1-9H2;1-4,13H,5-6H2. The van der Waals surface area contributed by atoms with Crippen LogP contribution in [0, 0.1) is 0 Å². The molecule has 0 amide bonds. The summed E-state index contributed by atoms with van der Waals surface area (Å²) in [5.41, 5.74) is -0.526. The van der Waals surface area contributed by atoms with Gasteiger partial charge in [-0.15, -0.1) is 0 Å². The largest absolute Gasteiger partial charge is 0.416 e. The van der Waals surface area contributed by atoms with Crippen LogP contribution in [-0.4, -0.2) is 49.0 Å². The maximum absolute atomic E-state index is 12.3. The number of alkyl halides is 3. The number of hydrogen-bond acceptors (Lipinski definition) is 3. The second-order valence-corrected chi connectivity index (χ2v) is 6.57. The summed E-state index contributed by atoms with van der Waals surface area (Å²) in [6.07, 6.45) is 2.92. The molecule has 6 heteroatoms. The van der Waals surface area contributed by atoms with Gasteiger partial charge in [-0.25, -0.2) is 0 Å². The summed E-state index contributed by atoms with van der Waals surface area (Å²) in [4.78, 5) is 2.63. The molecule has 0 spiro atoms. The van der Waals surface area contributed by atoms with Crippen molar-refractivity contribution < 1.29 is 23.0 Å². The van der Waals surface area contributed by atoms with Crippen molar-refractivity contribution in [2.24, 2.45) is 0 Å². The van der Waals surface area contributed by atoms with Gasteiger partial charge >= 0.3 is 6.18 Å². The Morgan fingerprint density at radius 1 is 1.04 bits per heavy atom. The van der Waals surface area contributed by atoms with Crippen LogP contribution in [0.25, 0.3) is 0 Å². The number of morpholine rings is 1. The Morgan fingerprint density at radius 3 is 2.28 bits per heavy atom. The molecule has 1 aromatic rings. The van der Waals surface area contributed by atoms with Crippen molar-refractivity contribution in [2.45, 2.75) is 50.7 Å². The topological polar surface area (TPSA) is 32.7 Å². The third-order valence-corrected chi connectivity index (χ3v) is 4.84. The first kappa shape index (κ1) is 20.2. The highest BCUT2D eigenvalue weighted by Gasteiger charge is 2.32. The highest BCUT2D eigenvalue weighted by Crippen LogP contribution is 2.31. The number of benzene rings is 1. The van der Waals surface area contributed by atoms with Crippen molar-refractivity contribution in [3.8, 4) is 0 Å². The fraction of sp³-hybridized carbons (Fsp3) is 0.684. The summed E-state index contributed by atoms with van der Waals surface area (Å²) in [5, 5.41) is 8.54. The third kappa shape index (κ3) is 6.60. The molecule has 0 radical (unpaired) electrons. The molecule has 2 fully saturated rings. The number of ether oxygens (including phenoxy) is 1. The van der Waals surface area contributed by atoms with Gasteiger partial charge in [0.2, 0.25) is 0 Å². The highest BCUT2D eigenvalue weighted by atomic mass is 19.4. The molecule has 2 aliphatic rings. The summed E-state index contributed by atoms with van der Waals surface area (Å²) in [5.74, 6) is 0. The summed E-state index contributed by atoms with van der Waals surface area (Å²) in [6, 6.07) is 6.15. The first-order valence-electron chi connectivity index (χ1n) is 9.10. The highest BCUT2D eigenvalue weighted by molar-refractivity contribution is 5.29. The number of aliphatic hydroxyl groups excluding tert-OH is 1. The lowest BCUT2D eigenvalue weighted by Crippen LogP contribution is -2.44. The lowest BCUT2D eigenvalue weighted by atomic mass is 9.94. The van der Waals surface area contributed by atoms with Gasteiger partial charge in [0.25, 0.3) is 0 Å². The van der Waals surface area contributed by atoms with E-state index in [9.17, 15) is 13.2 Å². The number of rotatable bonds is 3. The molecule has 1 N–H and O–H groups in total. The summed E-state index contributed by atoms with van der Waals surface area (Å²) in [6.45, 7) is 3.98. The van der Waals surface area contributed by atoms with Gasteiger partial charge in [0.05, 0.1) is 18.8 Å². The van der Waals surface area contributed by atoms with Crippen LogP contribution in [0.5, 0.6) is 0 Å². The molecule has 3 rings (SSSR count). The maximum Gasteiger partial charge on any atom is 0.416 e. The zero-order valence-corrected chi connectivity index (χ0v) is 14.6. The van der Waals surface area contributed by atoms with Crippen molar-refractivity contribution in [1.29, 1.82) is 0 Å².